The number of amides is 1. The van der Waals surface area contributed by atoms with E-state index >= 15 is 0 Å². The van der Waals surface area contributed by atoms with E-state index in [4.69, 9.17) is 0 Å². The van der Waals surface area contributed by atoms with Crippen molar-refractivity contribution in [3.05, 3.63) is 29.5 Å². The van der Waals surface area contributed by atoms with Gasteiger partial charge in [-0.3, -0.25) is 9.20 Å². The van der Waals surface area contributed by atoms with Crippen LogP contribution < -0.4 is 10.2 Å². The summed E-state index contributed by atoms with van der Waals surface area (Å²) in [7, 11) is 0. The molecular formula is C15H13F3N6OS. The smallest absolute Gasteiger partial charge is 0.354 e. The van der Waals surface area contributed by atoms with Crippen molar-refractivity contribution in [1.82, 2.24) is 24.7 Å². The van der Waals surface area contributed by atoms with Crippen LogP contribution in [0.3, 0.4) is 0 Å². The third-order valence-corrected chi connectivity index (χ3v) is 5.04. The van der Waals surface area contributed by atoms with Gasteiger partial charge in [-0.05, 0) is 6.07 Å². The van der Waals surface area contributed by atoms with E-state index in [0.717, 1.165) is 6.20 Å². The first-order valence-corrected chi connectivity index (χ1v) is 8.62. The minimum atomic E-state index is -4.42. The van der Waals surface area contributed by atoms with Crippen LogP contribution in [0.15, 0.2) is 24.7 Å². The topological polar surface area (TPSA) is 75.4 Å². The van der Waals surface area contributed by atoms with Crippen LogP contribution in [0.5, 0.6) is 0 Å². The number of carbonyl (C=O) groups is 1. The molecule has 4 rings (SSSR count). The van der Waals surface area contributed by atoms with Crippen LogP contribution in [0.25, 0.3) is 16.5 Å². The molecule has 26 heavy (non-hydrogen) atoms. The van der Waals surface area contributed by atoms with E-state index < -0.39 is 11.1 Å². The molecule has 11 heteroatoms. The van der Waals surface area contributed by atoms with Crippen LogP contribution in [0, 0.1) is 0 Å². The van der Waals surface area contributed by atoms with Crippen LogP contribution in [0.4, 0.5) is 19.0 Å². The van der Waals surface area contributed by atoms with Gasteiger partial charge in [-0.25, -0.2) is 15.0 Å². The van der Waals surface area contributed by atoms with Crippen molar-refractivity contribution in [3.63, 3.8) is 0 Å². The summed E-state index contributed by atoms with van der Waals surface area (Å²) in [5, 5.41) is 2.78. The first-order valence-electron chi connectivity index (χ1n) is 7.81. The fourth-order valence-electron chi connectivity index (χ4n) is 2.73. The highest BCUT2D eigenvalue weighted by atomic mass is 32.1. The highest BCUT2D eigenvalue weighted by Crippen LogP contribution is 2.36. The number of halogens is 3. The molecule has 0 saturated carbocycles. The van der Waals surface area contributed by atoms with Gasteiger partial charge in [0.05, 0.1) is 6.20 Å². The number of alkyl halides is 3. The van der Waals surface area contributed by atoms with Crippen molar-refractivity contribution < 1.29 is 18.0 Å². The first kappa shape index (κ1) is 16.8. The fraction of sp³-hybridized carbons (Fsp3) is 0.333. The lowest BCUT2D eigenvalue weighted by Gasteiger charge is -2.20. The van der Waals surface area contributed by atoms with Crippen LogP contribution in [0.1, 0.15) is 11.3 Å². The molecule has 0 atom stereocenters. The van der Waals surface area contributed by atoms with Gasteiger partial charge < -0.3 is 10.2 Å². The molecule has 1 amide bonds. The Morgan fingerprint density at radius 2 is 2.08 bits per heavy atom. The largest absolute Gasteiger partial charge is 0.427 e. The van der Waals surface area contributed by atoms with E-state index in [1.54, 1.807) is 12.3 Å². The Balaban J connectivity index is 1.69. The number of nitrogens with zero attached hydrogens (tertiary/aromatic N) is 5. The third kappa shape index (κ3) is 3.09. The number of thiazole rings is 1. The van der Waals surface area contributed by atoms with Gasteiger partial charge in [-0.1, -0.05) is 11.3 Å². The van der Waals surface area contributed by atoms with Crippen LogP contribution in [-0.4, -0.2) is 44.9 Å². The van der Waals surface area contributed by atoms with E-state index in [9.17, 15) is 18.0 Å². The molecule has 7 nitrogen and oxygen atoms in total. The van der Waals surface area contributed by atoms with Gasteiger partial charge in [0.1, 0.15) is 16.4 Å². The normalized spacial score (nSPS) is 16.0. The Bertz CT molecular complexity index is 966. The van der Waals surface area contributed by atoms with Crippen molar-refractivity contribution in [2.45, 2.75) is 12.6 Å². The molecule has 0 aromatic carbocycles. The summed E-state index contributed by atoms with van der Waals surface area (Å²) in [5.41, 5.74) is 0.387. The van der Waals surface area contributed by atoms with Crippen molar-refractivity contribution in [3.8, 4) is 11.5 Å². The number of carbonyl (C=O) groups excluding carboxylic acids is 1. The number of anilines is 1. The molecule has 1 fully saturated rings. The van der Waals surface area contributed by atoms with Gasteiger partial charge in [0.25, 0.3) is 0 Å². The fourth-order valence-corrected chi connectivity index (χ4v) is 3.55. The van der Waals surface area contributed by atoms with Gasteiger partial charge in [0.15, 0.2) is 10.8 Å². The molecule has 1 N–H and O–H groups in total. The zero-order chi connectivity index (χ0) is 18.3. The Hall–Kier alpha value is -2.69. The SMILES string of the molecule is O=C1CCN(c2ccnc(-c3cnc4sc(C(F)(F)F)cn34)n2)CCN1. The third-order valence-electron chi connectivity index (χ3n) is 4.00. The Morgan fingerprint density at radius 1 is 1.23 bits per heavy atom. The maximum atomic E-state index is 12.9. The van der Waals surface area contributed by atoms with Crippen LogP contribution in [-0.2, 0) is 11.0 Å². The zero-order valence-corrected chi connectivity index (χ0v) is 14.1. The van der Waals surface area contributed by atoms with Gasteiger partial charge in [0, 0.05) is 38.4 Å². The number of fused-ring (bicyclic) bond motifs is 1. The molecule has 1 aliphatic rings. The quantitative estimate of drug-likeness (QED) is 0.736. The lowest BCUT2D eigenvalue weighted by Crippen LogP contribution is -2.29. The Kier molecular flexibility index (Phi) is 4.02. The highest BCUT2D eigenvalue weighted by Gasteiger charge is 2.34. The standard InChI is InChI=1S/C15H13F3N6OS/c16-15(17,18)10-8-24-9(7-21-14(24)26-10)13-20-3-1-11(22-13)23-5-2-12(25)19-4-6-23/h1,3,7-8H,2,4-6H2,(H,19,25). The molecule has 0 bridgehead atoms. The first-order chi connectivity index (χ1) is 12.4. The predicted octanol–water partition coefficient (Wildman–Crippen LogP) is 2.20. The molecule has 0 spiro atoms. The highest BCUT2D eigenvalue weighted by molar-refractivity contribution is 7.17. The number of nitrogens with one attached hydrogen (secondary N) is 1. The summed E-state index contributed by atoms with van der Waals surface area (Å²) in [6.07, 6.45) is -0.0492. The molecule has 0 radical (unpaired) electrons. The summed E-state index contributed by atoms with van der Waals surface area (Å²) in [4.78, 5) is 25.6. The van der Waals surface area contributed by atoms with Crippen molar-refractivity contribution in [2.75, 3.05) is 24.5 Å². The Labute approximate surface area is 149 Å². The molecule has 0 aliphatic carbocycles. The molecule has 1 saturated heterocycles. The molecule has 136 valence electrons. The summed E-state index contributed by atoms with van der Waals surface area (Å²) in [6, 6.07) is 1.71. The maximum Gasteiger partial charge on any atom is 0.427 e. The molecule has 1 aliphatic heterocycles. The lowest BCUT2D eigenvalue weighted by atomic mass is 10.3. The second-order valence-electron chi connectivity index (χ2n) is 5.71. The van der Waals surface area contributed by atoms with Gasteiger partial charge in [-0.15, -0.1) is 0 Å². The summed E-state index contributed by atoms with van der Waals surface area (Å²) >= 11 is 0.570. The number of aromatic nitrogens is 4. The van der Waals surface area contributed by atoms with E-state index in [1.807, 2.05) is 4.90 Å². The molecule has 4 heterocycles. The second-order valence-corrected chi connectivity index (χ2v) is 6.72. The number of hydrogen-bond donors (Lipinski definition) is 1. The van der Waals surface area contributed by atoms with Gasteiger partial charge >= 0.3 is 6.18 Å². The predicted molar refractivity (Wildman–Crippen MR) is 88.9 cm³/mol. The molecule has 3 aromatic rings. The van der Waals surface area contributed by atoms with E-state index in [1.165, 1.54) is 10.6 Å². The van der Waals surface area contributed by atoms with Crippen LogP contribution >= 0.6 is 11.3 Å². The molecule has 0 unspecified atom stereocenters. The average Bonchev–Trinajstić information content (AvgIpc) is 3.11. The minimum absolute atomic E-state index is 0.0165. The van der Waals surface area contributed by atoms with E-state index in [0.29, 0.717) is 48.9 Å². The zero-order valence-electron chi connectivity index (χ0n) is 13.3. The van der Waals surface area contributed by atoms with Crippen LogP contribution in [0.2, 0.25) is 0 Å². The monoisotopic (exact) mass is 382 g/mol. The number of imidazole rings is 1. The van der Waals surface area contributed by atoms with Gasteiger partial charge in [0.2, 0.25) is 5.91 Å². The minimum Gasteiger partial charge on any atom is -0.354 e. The summed E-state index contributed by atoms with van der Waals surface area (Å²) < 4.78 is 40.1. The maximum absolute atomic E-state index is 12.9. The van der Waals surface area contributed by atoms with E-state index in [-0.39, 0.29) is 16.7 Å². The van der Waals surface area contributed by atoms with Gasteiger partial charge in [-0.2, -0.15) is 13.2 Å². The number of rotatable bonds is 2. The Morgan fingerprint density at radius 3 is 2.88 bits per heavy atom. The average molecular weight is 382 g/mol. The number of hydrogen-bond acceptors (Lipinski definition) is 6. The van der Waals surface area contributed by atoms with E-state index in [2.05, 4.69) is 20.3 Å². The van der Waals surface area contributed by atoms with Crippen molar-refractivity contribution in [1.29, 1.82) is 0 Å². The molecular weight excluding hydrogens is 369 g/mol. The van der Waals surface area contributed by atoms with Crippen molar-refractivity contribution in [2.24, 2.45) is 0 Å². The molecule has 3 aromatic heterocycles. The summed E-state index contributed by atoms with van der Waals surface area (Å²) in [6.45, 7) is 1.62. The second kappa shape index (κ2) is 6.24. The van der Waals surface area contributed by atoms with Crippen molar-refractivity contribution >= 4 is 28.0 Å². The summed E-state index contributed by atoms with van der Waals surface area (Å²) in [5.74, 6) is 0.884. The lowest BCUT2D eigenvalue weighted by molar-refractivity contribution is -0.134.